The number of hydrogen-bond donors (Lipinski definition) is 2. The Morgan fingerprint density at radius 2 is 1.81 bits per heavy atom. The Balaban J connectivity index is 1.66. The number of benzene rings is 1. The van der Waals surface area contributed by atoms with Crippen molar-refractivity contribution in [3.63, 3.8) is 0 Å². The summed E-state index contributed by atoms with van der Waals surface area (Å²) in [5.41, 5.74) is 0.442. The summed E-state index contributed by atoms with van der Waals surface area (Å²) in [6, 6.07) is 8.38. The minimum Gasteiger partial charge on any atom is -0.352 e. The van der Waals surface area contributed by atoms with Crippen LogP contribution in [0.25, 0.3) is 0 Å². The summed E-state index contributed by atoms with van der Waals surface area (Å²) in [7, 11) is 0. The molecule has 1 aliphatic rings. The molecule has 0 bridgehead atoms. The Labute approximate surface area is 185 Å². The number of nitrogens with zero attached hydrogens (tertiary/aromatic N) is 1. The molecule has 1 aromatic carbocycles. The van der Waals surface area contributed by atoms with Crippen LogP contribution >= 0.6 is 11.3 Å². The molecule has 3 amide bonds. The van der Waals surface area contributed by atoms with Crippen molar-refractivity contribution < 1.29 is 18.8 Å². The molecule has 8 heteroatoms. The van der Waals surface area contributed by atoms with Crippen molar-refractivity contribution >= 4 is 29.1 Å². The van der Waals surface area contributed by atoms with Crippen LogP contribution in [0.2, 0.25) is 0 Å². The lowest BCUT2D eigenvalue weighted by Crippen LogP contribution is -2.55. The SMILES string of the molecule is CC[C@H](C)NC(=O)[C@H](NC(=O)c1cccs1)C1CCN(C(=O)c2ccc(F)cc2)CC1. The molecule has 1 fully saturated rings. The van der Waals surface area contributed by atoms with Crippen molar-refractivity contribution in [2.24, 2.45) is 5.92 Å². The van der Waals surface area contributed by atoms with E-state index >= 15 is 0 Å². The van der Waals surface area contributed by atoms with Gasteiger partial charge in [0.05, 0.1) is 4.88 Å². The van der Waals surface area contributed by atoms with Crippen LogP contribution in [-0.4, -0.2) is 47.8 Å². The zero-order valence-corrected chi connectivity index (χ0v) is 18.6. The Kier molecular flexibility index (Phi) is 7.79. The van der Waals surface area contributed by atoms with Gasteiger partial charge in [0, 0.05) is 24.7 Å². The molecule has 2 N–H and O–H groups in total. The van der Waals surface area contributed by atoms with Crippen LogP contribution < -0.4 is 10.6 Å². The number of thiophene rings is 1. The number of amides is 3. The summed E-state index contributed by atoms with van der Waals surface area (Å²) in [5.74, 6) is -1.06. The van der Waals surface area contributed by atoms with E-state index in [0.29, 0.717) is 36.4 Å². The second kappa shape index (κ2) is 10.5. The van der Waals surface area contributed by atoms with Crippen LogP contribution in [0, 0.1) is 11.7 Å². The van der Waals surface area contributed by atoms with Gasteiger partial charge in [0.25, 0.3) is 11.8 Å². The fraction of sp³-hybridized carbons (Fsp3) is 0.435. The van der Waals surface area contributed by atoms with Crippen LogP contribution in [0.15, 0.2) is 41.8 Å². The highest BCUT2D eigenvalue weighted by atomic mass is 32.1. The van der Waals surface area contributed by atoms with Gasteiger partial charge >= 0.3 is 0 Å². The molecule has 1 aromatic heterocycles. The molecule has 1 saturated heterocycles. The van der Waals surface area contributed by atoms with Gasteiger partial charge in [-0.25, -0.2) is 4.39 Å². The maximum absolute atomic E-state index is 13.1. The lowest BCUT2D eigenvalue weighted by atomic mass is 9.88. The third kappa shape index (κ3) is 5.91. The molecule has 166 valence electrons. The van der Waals surface area contributed by atoms with Crippen molar-refractivity contribution in [2.75, 3.05) is 13.1 Å². The van der Waals surface area contributed by atoms with Crippen molar-refractivity contribution in [1.82, 2.24) is 15.5 Å². The van der Waals surface area contributed by atoms with E-state index in [1.807, 2.05) is 19.2 Å². The average molecular weight is 446 g/mol. The number of carbonyl (C=O) groups is 3. The monoisotopic (exact) mass is 445 g/mol. The molecule has 0 unspecified atom stereocenters. The fourth-order valence-corrected chi connectivity index (χ4v) is 4.29. The van der Waals surface area contributed by atoms with Gasteiger partial charge in [0.15, 0.2) is 0 Å². The smallest absolute Gasteiger partial charge is 0.262 e. The van der Waals surface area contributed by atoms with E-state index in [0.717, 1.165) is 6.42 Å². The molecule has 0 aliphatic carbocycles. The Bertz CT molecular complexity index is 893. The first kappa shape index (κ1) is 22.9. The lowest BCUT2D eigenvalue weighted by Gasteiger charge is -2.36. The first-order valence-corrected chi connectivity index (χ1v) is 11.5. The van der Waals surface area contributed by atoms with Crippen molar-refractivity contribution in [1.29, 1.82) is 0 Å². The second-order valence-corrected chi connectivity index (χ2v) is 8.83. The number of nitrogens with one attached hydrogen (secondary N) is 2. The standard InChI is InChI=1S/C23H28FN3O3S/c1-3-15(2)25-22(29)20(26-21(28)19-5-4-14-31-19)16-10-12-27(13-11-16)23(30)17-6-8-18(24)9-7-17/h4-9,14-16,20H,3,10-13H2,1-2H3,(H,25,29)(H,26,28)/t15-,20+/m0/s1. The normalized spacial score (nSPS) is 16.4. The Hall–Kier alpha value is -2.74. The summed E-state index contributed by atoms with van der Waals surface area (Å²) in [6.45, 7) is 4.87. The van der Waals surface area contributed by atoms with E-state index < -0.39 is 6.04 Å². The van der Waals surface area contributed by atoms with Gasteiger partial charge in [-0.1, -0.05) is 13.0 Å². The molecular weight excluding hydrogens is 417 g/mol. The van der Waals surface area contributed by atoms with E-state index in [2.05, 4.69) is 10.6 Å². The van der Waals surface area contributed by atoms with Gasteiger partial charge in [-0.15, -0.1) is 11.3 Å². The quantitative estimate of drug-likeness (QED) is 0.685. The highest BCUT2D eigenvalue weighted by Gasteiger charge is 2.34. The number of piperidine rings is 1. The van der Waals surface area contributed by atoms with E-state index in [1.165, 1.54) is 35.6 Å². The molecule has 1 aliphatic heterocycles. The first-order valence-electron chi connectivity index (χ1n) is 10.6. The highest BCUT2D eigenvalue weighted by molar-refractivity contribution is 7.12. The Morgan fingerprint density at radius 3 is 2.39 bits per heavy atom. The molecule has 3 rings (SSSR count). The van der Waals surface area contributed by atoms with Gasteiger partial charge in [0.2, 0.25) is 5.91 Å². The molecule has 2 heterocycles. The lowest BCUT2D eigenvalue weighted by molar-refractivity contribution is -0.125. The number of rotatable bonds is 7. The third-order valence-corrected chi connectivity index (χ3v) is 6.57. The minimum atomic E-state index is -0.660. The largest absolute Gasteiger partial charge is 0.352 e. The van der Waals surface area contributed by atoms with Crippen LogP contribution in [-0.2, 0) is 4.79 Å². The molecule has 31 heavy (non-hydrogen) atoms. The molecule has 0 radical (unpaired) electrons. The number of likely N-dealkylation sites (tertiary alicyclic amines) is 1. The van der Waals surface area contributed by atoms with Gasteiger partial charge < -0.3 is 15.5 Å². The number of hydrogen-bond acceptors (Lipinski definition) is 4. The van der Waals surface area contributed by atoms with Crippen LogP contribution in [0.3, 0.4) is 0 Å². The summed E-state index contributed by atoms with van der Waals surface area (Å²) in [4.78, 5) is 40.5. The minimum absolute atomic E-state index is 0.00813. The van der Waals surface area contributed by atoms with Crippen LogP contribution in [0.1, 0.15) is 53.1 Å². The van der Waals surface area contributed by atoms with E-state index in [9.17, 15) is 18.8 Å². The Morgan fingerprint density at radius 1 is 1.13 bits per heavy atom. The highest BCUT2D eigenvalue weighted by Crippen LogP contribution is 2.23. The predicted octanol–water partition coefficient (Wildman–Crippen LogP) is 3.45. The number of halogens is 1. The van der Waals surface area contributed by atoms with Crippen molar-refractivity contribution in [2.45, 2.75) is 45.2 Å². The van der Waals surface area contributed by atoms with Gasteiger partial charge in [-0.2, -0.15) is 0 Å². The van der Waals surface area contributed by atoms with Crippen molar-refractivity contribution in [3.05, 3.63) is 58.0 Å². The van der Waals surface area contributed by atoms with Gasteiger partial charge in [-0.05, 0) is 67.8 Å². The summed E-state index contributed by atoms with van der Waals surface area (Å²) < 4.78 is 13.1. The van der Waals surface area contributed by atoms with Gasteiger partial charge in [-0.3, -0.25) is 14.4 Å². The molecule has 2 aromatic rings. The molecule has 0 spiro atoms. The fourth-order valence-electron chi connectivity index (χ4n) is 3.66. The third-order valence-electron chi connectivity index (χ3n) is 5.70. The first-order chi connectivity index (χ1) is 14.9. The topological polar surface area (TPSA) is 78.5 Å². The van der Waals surface area contributed by atoms with E-state index in [1.54, 1.807) is 17.0 Å². The molecule has 2 atom stereocenters. The second-order valence-electron chi connectivity index (χ2n) is 7.88. The molecule has 0 saturated carbocycles. The van der Waals surface area contributed by atoms with Gasteiger partial charge in [0.1, 0.15) is 11.9 Å². The van der Waals surface area contributed by atoms with Crippen LogP contribution in [0.5, 0.6) is 0 Å². The zero-order valence-electron chi connectivity index (χ0n) is 17.8. The predicted molar refractivity (Wildman–Crippen MR) is 118 cm³/mol. The maximum atomic E-state index is 13.1. The molecule has 6 nitrogen and oxygen atoms in total. The zero-order chi connectivity index (χ0) is 22.4. The van der Waals surface area contributed by atoms with E-state index in [-0.39, 0.29) is 35.5 Å². The number of carbonyl (C=O) groups excluding carboxylic acids is 3. The average Bonchev–Trinajstić information content (AvgIpc) is 3.32. The summed E-state index contributed by atoms with van der Waals surface area (Å²) >= 11 is 1.33. The summed E-state index contributed by atoms with van der Waals surface area (Å²) in [6.07, 6.45) is 1.98. The van der Waals surface area contributed by atoms with E-state index in [4.69, 9.17) is 0 Å². The maximum Gasteiger partial charge on any atom is 0.262 e. The van der Waals surface area contributed by atoms with Crippen LogP contribution in [0.4, 0.5) is 4.39 Å². The van der Waals surface area contributed by atoms with Crippen molar-refractivity contribution in [3.8, 4) is 0 Å². The molecular formula is C23H28FN3O3S. The summed E-state index contributed by atoms with van der Waals surface area (Å²) in [5, 5.41) is 7.71.